The van der Waals surface area contributed by atoms with Gasteiger partial charge >= 0.3 is 6.03 Å². The number of benzene rings is 1. The topological polar surface area (TPSA) is 32.8 Å². The molecule has 0 radical (unpaired) electrons. The van der Waals surface area contributed by atoms with Crippen LogP contribution in [0, 0.1) is 0 Å². The Morgan fingerprint density at radius 2 is 2.12 bits per heavy atom. The highest BCUT2D eigenvalue weighted by Gasteiger charge is 2.23. The van der Waals surface area contributed by atoms with E-state index < -0.39 is 0 Å². The molecule has 0 spiro atoms. The first kappa shape index (κ1) is 10.8. The van der Waals surface area contributed by atoms with Crippen LogP contribution in [0.5, 0.6) is 5.75 Å². The monoisotopic (exact) mass is 220 g/mol. The maximum Gasteiger partial charge on any atom is 0.324 e. The third kappa shape index (κ3) is 1.96. The van der Waals surface area contributed by atoms with E-state index in [9.17, 15) is 4.79 Å². The summed E-state index contributed by atoms with van der Waals surface area (Å²) in [4.78, 5) is 15.5. The zero-order chi connectivity index (χ0) is 11.5. The third-order valence-electron chi connectivity index (χ3n) is 2.80. The molecule has 0 atom stereocenters. The minimum absolute atomic E-state index is 0.0551. The number of anilines is 1. The largest absolute Gasteiger partial charge is 0.497 e. The van der Waals surface area contributed by atoms with E-state index in [1.165, 1.54) is 0 Å². The summed E-state index contributed by atoms with van der Waals surface area (Å²) in [6.07, 6.45) is 0.999. The van der Waals surface area contributed by atoms with Crippen molar-refractivity contribution in [2.45, 2.75) is 6.42 Å². The van der Waals surface area contributed by atoms with Crippen molar-refractivity contribution in [2.75, 3.05) is 32.1 Å². The Hall–Kier alpha value is -1.71. The van der Waals surface area contributed by atoms with Crippen LogP contribution in [-0.4, -0.2) is 38.2 Å². The fraction of sp³-hybridized carbons (Fsp3) is 0.417. The summed E-state index contributed by atoms with van der Waals surface area (Å²) in [5, 5.41) is 0. The average Bonchev–Trinajstić information content (AvgIpc) is 2.33. The molecule has 0 saturated carbocycles. The van der Waals surface area contributed by atoms with Crippen LogP contribution in [0.2, 0.25) is 0 Å². The first-order chi connectivity index (χ1) is 7.72. The van der Waals surface area contributed by atoms with Crippen molar-refractivity contribution in [3.8, 4) is 5.75 Å². The normalized spacial score (nSPS) is 16.5. The molecule has 0 N–H and O–H groups in total. The predicted octanol–water partition coefficient (Wildman–Crippen LogP) is 1.96. The zero-order valence-corrected chi connectivity index (χ0v) is 9.64. The molecule has 1 aromatic rings. The summed E-state index contributed by atoms with van der Waals surface area (Å²) in [5.41, 5.74) is 0.899. The number of hydrogen-bond donors (Lipinski definition) is 0. The Balaban J connectivity index is 2.25. The molecule has 2 amide bonds. The lowest BCUT2D eigenvalue weighted by atomic mass is 10.2. The first-order valence-corrected chi connectivity index (χ1v) is 5.39. The average molecular weight is 220 g/mol. The van der Waals surface area contributed by atoms with E-state index in [0.29, 0.717) is 0 Å². The molecule has 16 heavy (non-hydrogen) atoms. The second-order valence-corrected chi connectivity index (χ2v) is 3.91. The van der Waals surface area contributed by atoms with E-state index in [1.807, 2.05) is 31.3 Å². The summed E-state index contributed by atoms with van der Waals surface area (Å²) in [6, 6.07) is 7.65. The van der Waals surface area contributed by atoms with Crippen molar-refractivity contribution in [1.82, 2.24) is 4.90 Å². The van der Waals surface area contributed by atoms with Gasteiger partial charge in [0.2, 0.25) is 0 Å². The van der Waals surface area contributed by atoms with Gasteiger partial charge in [0, 0.05) is 31.9 Å². The molecule has 4 nitrogen and oxygen atoms in total. The highest BCUT2D eigenvalue weighted by Crippen LogP contribution is 2.23. The van der Waals surface area contributed by atoms with Gasteiger partial charge in [-0.2, -0.15) is 0 Å². The Kier molecular flexibility index (Phi) is 2.99. The fourth-order valence-electron chi connectivity index (χ4n) is 1.88. The van der Waals surface area contributed by atoms with Gasteiger partial charge in [0.25, 0.3) is 0 Å². The van der Waals surface area contributed by atoms with Crippen molar-refractivity contribution in [3.05, 3.63) is 24.3 Å². The molecule has 4 heteroatoms. The maximum atomic E-state index is 11.9. The van der Waals surface area contributed by atoms with Crippen LogP contribution in [0.15, 0.2) is 24.3 Å². The summed E-state index contributed by atoms with van der Waals surface area (Å²) >= 11 is 0. The Morgan fingerprint density at radius 3 is 2.88 bits per heavy atom. The Labute approximate surface area is 95.4 Å². The van der Waals surface area contributed by atoms with Crippen LogP contribution < -0.4 is 9.64 Å². The van der Waals surface area contributed by atoms with Crippen LogP contribution in [0.1, 0.15) is 6.42 Å². The number of urea groups is 1. The van der Waals surface area contributed by atoms with Gasteiger partial charge < -0.3 is 9.64 Å². The smallest absolute Gasteiger partial charge is 0.324 e. The van der Waals surface area contributed by atoms with Gasteiger partial charge in [0.15, 0.2) is 0 Å². The van der Waals surface area contributed by atoms with Crippen LogP contribution in [0.25, 0.3) is 0 Å². The minimum atomic E-state index is 0.0551. The molecule has 1 heterocycles. The number of carbonyl (C=O) groups is 1. The number of nitrogens with zero attached hydrogens (tertiary/aromatic N) is 2. The van der Waals surface area contributed by atoms with Crippen molar-refractivity contribution >= 4 is 11.7 Å². The molecule has 2 rings (SSSR count). The van der Waals surface area contributed by atoms with E-state index in [0.717, 1.165) is 30.9 Å². The molecule has 0 unspecified atom stereocenters. The molecule has 1 aliphatic rings. The number of methoxy groups -OCH3 is 1. The van der Waals surface area contributed by atoms with Crippen molar-refractivity contribution in [1.29, 1.82) is 0 Å². The third-order valence-corrected chi connectivity index (χ3v) is 2.80. The summed E-state index contributed by atoms with van der Waals surface area (Å²) < 4.78 is 5.16. The molecular weight excluding hydrogens is 204 g/mol. The first-order valence-electron chi connectivity index (χ1n) is 5.39. The van der Waals surface area contributed by atoms with Gasteiger partial charge in [-0.15, -0.1) is 0 Å². The van der Waals surface area contributed by atoms with Crippen LogP contribution in [-0.2, 0) is 0 Å². The zero-order valence-electron chi connectivity index (χ0n) is 9.64. The molecule has 0 aromatic heterocycles. The standard InChI is InChI=1S/C12H16N2O2/c1-13-7-4-8-14(12(13)15)10-5-3-6-11(9-10)16-2/h3,5-6,9H,4,7-8H2,1-2H3. The predicted molar refractivity (Wildman–Crippen MR) is 63.0 cm³/mol. The van der Waals surface area contributed by atoms with Crippen LogP contribution >= 0.6 is 0 Å². The number of rotatable bonds is 2. The van der Waals surface area contributed by atoms with E-state index in [2.05, 4.69) is 0 Å². The Morgan fingerprint density at radius 1 is 1.31 bits per heavy atom. The van der Waals surface area contributed by atoms with Gasteiger partial charge in [-0.25, -0.2) is 4.79 Å². The number of amides is 2. The molecule has 1 aromatic carbocycles. The molecule has 1 aliphatic heterocycles. The summed E-state index contributed by atoms with van der Waals surface area (Å²) in [6.45, 7) is 1.61. The van der Waals surface area contributed by atoms with Gasteiger partial charge in [-0.3, -0.25) is 4.90 Å². The van der Waals surface area contributed by atoms with E-state index in [4.69, 9.17) is 4.74 Å². The van der Waals surface area contributed by atoms with Gasteiger partial charge in [-0.1, -0.05) is 6.07 Å². The molecule has 1 saturated heterocycles. The second-order valence-electron chi connectivity index (χ2n) is 3.91. The van der Waals surface area contributed by atoms with Crippen LogP contribution in [0.4, 0.5) is 10.5 Å². The number of carbonyl (C=O) groups excluding carboxylic acids is 1. The SMILES string of the molecule is COc1cccc(N2CCCN(C)C2=O)c1. The summed E-state index contributed by atoms with van der Waals surface area (Å²) in [7, 11) is 3.46. The van der Waals surface area contributed by atoms with Gasteiger partial charge in [0.1, 0.15) is 5.75 Å². The maximum absolute atomic E-state index is 11.9. The highest BCUT2D eigenvalue weighted by atomic mass is 16.5. The van der Waals surface area contributed by atoms with Crippen molar-refractivity contribution < 1.29 is 9.53 Å². The van der Waals surface area contributed by atoms with E-state index in [1.54, 1.807) is 16.9 Å². The molecule has 0 bridgehead atoms. The van der Waals surface area contributed by atoms with E-state index in [-0.39, 0.29) is 6.03 Å². The quantitative estimate of drug-likeness (QED) is 0.763. The highest BCUT2D eigenvalue weighted by molar-refractivity contribution is 5.92. The fourth-order valence-corrected chi connectivity index (χ4v) is 1.88. The van der Waals surface area contributed by atoms with Gasteiger partial charge in [-0.05, 0) is 18.6 Å². The summed E-state index contributed by atoms with van der Waals surface area (Å²) in [5.74, 6) is 0.776. The lowest BCUT2D eigenvalue weighted by Gasteiger charge is -2.33. The van der Waals surface area contributed by atoms with Crippen LogP contribution in [0.3, 0.4) is 0 Å². The van der Waals surface area contributed by atoms with E-state index >= 15 is 0 Å². The van der Waals surface area contributed by atoms with Gasteiger partial charge in [0.05, 0.1) is 7.11 Å². The van der Waals surface area contributed by atoms with Crippen molar-refractivity contribution in [3.63, 3.8) is 0 Å². The molecular formula is C12H16N2O2. The van der Waals surface area contributed by atoms with Crippen molar-refractivity contribution in [2.24, 2.45) is 0 Å². The number of hydrogen-bond acceptors (Lipinski definition) is 2. The lowest BCUT2D eigenvalue weighted by Crippen LogP contribution is -2.47. The second kappa shape index (κ2) is 4.43. The lowest BCUT2D eigenvalue weighted by molar-refractivity contribution is 0.207. The minimum Gasteiger partial charge on any atom is -0.497 e. The molecule has 1 fully saturated rings. The number of ether oxygens (including phenoxy) is 1. The Bertz CT molecular complexity index is 392. The molecule has 86 valence electrons. The molecule has 0 aliphatic carbocycles.